The predicted molar refractivity (Wildman–Crippen MR) is 157 cm³/mol. The fourth-order valence-electron chi connectivity index (χ4n) is 5.14. The number of amides is 3. The Labute approximate surface area is 252 Å². The van der Waals surface area contributed by atoms with Gasteiger partial charge in [-0.1, -0.05) is 6.07 Å². The van der Waals surface area contributed by atoms with Gasteiger partial charge in [0.1, 0.15) is 11.6 Å². The average molecular weight is 612 g/mol. The maximum Gasteiger partial charge on any atom is 0.416 e. The standard InChI is InChI=1S/C30H32F3N7O4/c1-43-25-15-23(35-27(41)19-3-2-4-21(13-19)30(31,32)33)14-24(16-25)40-18-20-17-34-28(36-22-5-6-22)37-26(20)39(29(40)42)8-7-38-9-11-44-12-10-38/h2-4,13-17,22H,5-12,18H2,1H3,(H,35,41)(H,34,36,37). The van der Waals surface area contributed by atoms with Crippen LogP contribution in [-0.4, -0.2) is 79.4 Å². The third-order valence-corrected chi connectivity index (χ3v) is 7.69. The quantitative estimate of drug-likeness (QED) is 0.361. The molecular formula is C30H32F3N7O4. The minimum absolute atomic E-state index is 0.158. The van der Waals surface area contributed by atoms with E-state index in [1.54, 1.807) is 28.1 Å². The summed E-state index contributed by atoms with van der Waals surface area (Å²) >= 11 is 0. The Balaban J connectivity index is 1.28. The van der Waals surface area contributed by atoms with Gasteiger partial charge < -0.3 is 20.1 Å². The molecule has 0 spiro atoms. The van der Waals surface area contributed by atoms with E-state index in [4.69, 9.17) is 14.5 Å². The maximum atomic E-state index is 14.1. The predicted octanol–water partition coefficient (Wildman–Crippen LogP) is 4.61. The zero-order valence-corrected chi connectivity index (χ0v) is 24.1. The van der Waals surface area contributed by atoms with Gasteiger partial charge in [-0.15, -0.1) is 0 Å². The first kappa shape index (κ1) is 29.6. The number of ether oxygens (including phenoxy) is 2. The minimum Gasteiger partial charge on any atom is -0.497 e. The SMILES string of the molecule is COc1cc(NC(=O)c2cccc(C(F)(F)F)c2)cc(N2Cc3cnc(NC4CC4)nc3N(CCN3CCOCC3)C2=O)c1. The van der Waals surface area contributed by atoms with Crippen LogP contribution in [0.4, 0.5) is 41.1 Å². The molecule has 3 amide bonds. The number of nitrogens with one attached hydrogen (secondary N) is 2. The summed E-state index contributed by atoms with van der Waals surface area (Å²) < 4.78 is 50.6. The molecule has 2 aromatic carbocycles. The fourth-order valence-corrected chi connectivity index (χ4v) is 5.14. The average Bonchev–Trinajstić information content (AvgIpc) is 3.84. The van der Waals surface area contributed by atoms with Crippen LogP contribution in [0.15, 0.2) is 48.7 Å². The van der Waals surface area contributed by atoms with Gasteiger partial charge in [-0.25, -0.2) is 9.78 Å². The van der Waals surface area contributed by atoms with E-state index in [1.807, 2.05) is 0 Å². The number of rotatable bonds is 9. The monoisotopic (exact) mass is 611 g/mol. The first-order valence-electron chi connectivity index (χ1n) is 14.4. The topological polar surface area (TPSA) is 112 Å². The molecule has 0 unspecified atom stereocenters. The zero-order chi connectivity index (χ0) is 30.8. The van der Waals surface area contributed by atoms with E-state index in [-0.39, 0.29) is 23.8 Å². The second-order valence-corrected chi connectivity index (χ2v) is 10.9. The molecule has 2 N–H and O–H groups in total. The first-order valence-corrected chi connectivity index (χ1v) is 14.4. The number of anilines is 4. The third-order valence-electron chi connectivity index (χ3n) is 7.69. The van der Waals surface area contributed by atoms with E-state index in [9.17, 15) is 22.8 Å². The molecule has 1 saturated carbocycles. The summed E-state index contributed by atoms with van der Waals surface area (Å²) in [6.07, 6.45) is -0.770. The highest BCUT2D eigenvalue weighted by atomic mass is 19.4. The van der Waals surface area contributed by atoms with Gasteiger partial charge in [-0.05, 0) is 37.1 Å². The molecule has 232 valence electrons. The summed E-state index contributed by atoms with van der Waals surface area (Å²) in [7, 11) is 1.45. The van der Waals surface area contributed by atoms with Gasteiger partial charge in [-0.3, -0.25) is 19.5 Å². The lowest BCUT2D eigenvalue weighted by Gasteiger charge is -2.37. The van der Waals surface area contributed by atoms with E-state index in [1.165, 1.54) is 25.3 Å². The Morgan fingerprint density at radius 2 is 1.91 bits per heavy atom. The highest BCUT2D eigenvalue weighted by Gasteiger charge is 2.35. The van der Waals surface area contributed by atoms with Gasteiger partial charge in [0.25, 0.3) is 5.91 Å². The lowest BCUT2D eigenvalue weighted by molar-refractivity contribution is -0.137. The van der Waals surface area contributed by atoms with Crippen molar-refractivity contribution in [2.45, 2.75) is 31.6 Å². The van der Waals surface area contributed by atoms with E-state index in [0.29, 0.717) is 55.5 Å². The molecule has 14 heteroatoms. The molecule has 3 aromatic rings. The molecule has 0 atom stereocenters. The zero-order valence-electron chi connectivity index (χ0n) is 24.1. The molecule has 1 aromatic heterocycles. The van der Waals surface area contributed by atoms with Crippen molar-refractivity contribution in [1.82, 2.24) is 14.9 Å². The van der Waals surface area contributed by atoms with Crippen LogP contribution >= 0.6 is 0 Å². The summed E-state index contributed by atoms with van der Waals surface area (Å²) in [5, 5.41) is 5.94. The second kappa shape index (κ2) is 12.3. The van der Waals surface area contributed by atoms with E-state index in [2.05, 4.69) is 20.5 Å². The summed E-state index contributed by atoms with van der Waals surface area (Å²) in [6.45, 7) is 3.96. The number of benzene rings is 2. The van der Waals surface area contributed by atoms with E-state index in [0.717, 1.165) is 43.6 Å². The fraction of sp³-hybridized carbons (Fsp3) is 0.400. The molecule has 6 rings (SSSR count). The van der Waals surface area contributed by atoms with Gasteiger partial charge in [0.05, 0.1) is 38.1 Å². The molecule has 3 heterocycles. The highest BCUT2D eigenvalue weighted by Crippen LogP contribution is 2.35. The summed E-state index contributed by atoms with van der Waals surface area (Å²) in [5.74, 6) is 0.630. The summed E-state index contributed by atoms with van der Waals surface area (Å²) in [6, 6.07) is 8.98. The molecule has 0 bridgehead atoms. The van der Waals surface area contributed by atoms with Gasteiger partial charge >= 0.3 is 12.2 Å². The van der Waals surface area contributed by atoms with Crippen molar-refractivity contribution in [1.29, 1.82) is 0 Å². The van der Waals surface area contributed by atoms with Crippen LogP contribution in [-0.2, 0) is 17.5 Å². The van der Waals surface area contributed by atoms with Crippen molar-refractivity contribution in [3.63, 3.8) is 0 Å². The minimum atomic E-state index is -4.59. The molecule has 2 aliphatic heterocycles. The van der Waals surface area contributed by atoms with Gasteiger partial charge in [0.15, 0.2) is 0 Å². The molecule has 2 fully saturated rings. The number of carbonyl (C=O) groups is 2. The van der Waals surface area contributed by atoms with Crippen LogP contribution in [0.5, 0.6) is 5.75 Å². The Morgan fingerprint density at radius 1 is 1.11 bits per heavy atom. The van der Waals surface area contributed by atoms with Gasteiger partial charge in [-0.2, -0.15) is 18.2 Å². The van der Waals surface area contributed by atoms with E-state index >= 15 is 0 Å². The molecular weight excluding hydrogens is 579 g/mol. The molecule has 1 aliphatic carbocycles. The highest BCUT2D eigenvalue weighted by molar-refractivity contribution is 6.07. The van der Waals surface area contributed by atoms with Crippen LogP contribution in [0.2, 0.25) is 0 Å². The van der Waals surface area contributed by atoms with Crippen molar-refractivity contribution in [2.75, 3.05) is 66.9 Å². The Hall–Kier alpha value is -4.43. The number of nitrogens with zero attached hydrogens (tertiary/aromatic N) is 5. The maximum absolute atomic E-state index is 14.1. The summed E-state index contributed by atoms with van der Waals surface area (Å²) in [4.78, 5) is 41.7. The lowest BCUT2D eigenvalue weighted by Crippen LogP contribution is -2.51. The second-order valence-electron chi connectivity index (χ2n) is 10.9. The number of hydrogen-bond acceptors (Lipinski definition) is 8. The smallest absolute Gasteiger partial charge is 0.416 e. The first-order chi connectivity index (χ1) is 21.2. The Bertz CT molecular complexity index is 1540. The Morgan fingerprint density at radius 3 is 2.64 bits per heavy atom. The number of aromatic nitrogens is 2. The van der Waals surface area contributed by atoms with Crippen molar-refractivity contribution in [2.24, 2.45) is 0 Å². The molecule has 1 saturated heterocycles. The van der Waals surface area contributed by atoms with Crippen LogP contribution < -0.4 is 25.2 Å². The van der Waals surface area contributed by atoms with Crippen molar-refractivity contribution < 1.29 is 32.2 Å². The molecule has 44 heavy (non-hydrogen) atoms. The van der Waals surface area contributed by atoms with Crippen LogP contribution in [0.25, 0.3) is 0 Å². The van der Waals surface area contributed by atoms with Gasteiger partial charge in [0, 0.05) is 67.4 Å². The summed E-state index contributed by atoms with van der Waals surface area (Å²) in [5.41, 5.74) is 0.333. The van der Waals surface area contributed by atoms with Crippen molar-refractivity contribution in [3.8, 4) is 5.75 Å². The molecule has 11 nitrogen and oxygen atoms in total. The number of methoxy groups -OCH3 is 1. The molecule has 0 radical (unpaired) electrons. The number of hydrogen-bond donors (Lipinski definition) is 2. The number of fused-ring (bicyclic) bond motifs is 1. The third kappa shape index (κ3) is 6.70. The Kier molecular flexibility index (Phi) is 8.27. The number of carbonyl (C=O) groups excluding carboxylic acids is 2. The number of halogens is 3. The number of urea groups is 1. The van der Waals surface area contributed by atoms with E-state index < -0.39 is 17.6 Å². The van der Waals surface area contributed by atoms with Crippen LogP contribution in [0.3, 0.4) is 0 Å². The van der Waals surface area contributed by atoms with Crippen molar-refractivity contribution in [3.05, 3.63) is 65.4 Å². The molecule has 3 aliphatic rings. The van der Waals surface area contributed by atoms with Gasteiger partial charge in [0.2, 0.25) is 5.95 Å². The van der Waals surface area contributed by atoms with Crippen molar-refractivity contribution >= 4 is 35.1 Å². The van der Waals surface area contributed by atoms with Crippen LogP contribution in [0.1, 0.15) is 34.3 Å². The normalized spacial score (nSPS) is 17.3. The largest absolute Gasteiger partial charge is 0.497 e. The van der Waals surface area contributed by atoms with Crippen LogP contribution in [0, 0.1) is 0 Å². The lowest BCUT2D eigenvalue weighted by atomic mass is 10.1. The number of morpholine rings is 1. The number of alkyl halides is 3.